The number of aryl methyl sites for hydroxylation is 2. The Hall–Kier alpha value is -4.84. The SMILES string of the molecule is C1CCNCC1.Cc1ccc2nc(-c3ccco3)cc(C(=O)NCCBr)c2c1.Cc1ccc2nc(-c3ccco3)cc(C(=O)NCCN3CCCCC3)c2c1. The Morgan fingerprint density at radius 2 is 1.20 bits per heavy atom. The molecule has 2 aliphatic heterocycles. The molecular weight excluding hydrogens is 756 g/mol. The zero-order valence-corrected chi connectivity index (χ0v) is 33.4. The third kappa shape index (κ3) is 11.1. The van der Waals surface area contributed by atoms with Crippen molar-refractivity contribution in [3.05, 3.63) is 108 Å². The van der Waals surface area contributed by atoms with E-state index in [0.29, 0.717) is 52.5 Å². The molecule has 0 bridgehead atoms. The largest absolute Gasteiger partial charge is 0.463 e. The van der Waals surface area contributed by atoms with E-state index < -0.39 is 0 Å². The number of carbonyl (C=O) groups is 2. The van der Waals surface area contributed by atoms with Gasteiger partial charge in [-0.05, 0) is 126 Å². The van der Waals surface area contributed by atoms with Gasteiger partial charge in [0.15, 0.2) is 11.5 Å². The number of fused-ring (bicyclic) bond motifs is 2. The van der Waals surface area contributed by atoms with Crippen molar-refractivity contribution in [3.8, 4) is 22.9 Å². The molecule has 4 aromatic heterocycles. The first kappa shape index (κ1) is 39.8. The number of benzene rings is 2. The van der Waals surface area contributed by atoms with Crippen molar-refractivity contribution in [1.29, 1.82) is 0 Å². The third-order valence-electron chi connectivity index (χ3n) is 9.71. The van der Waals surface area contributed by atoms with E-state index in [4.69, 9.17) is 8.83 Å². The standard InChI is InChI=1S/C22H25N3O2.C17H15BrN2O2.C5H11N/c1-16-7-8-19-17(14-16)18(15-20(24-19)21-6-5-13-27-21)22(26)23-9-12-25-10-3-2-4-11-25;1-11-4-5-14-12(9-11)13(17(21)19-7-6-18)10-15(20-14)16-3-2-8-22-16;1-2-4-6-5-3-1/h5-8,13-15H,2-4,9-12H2,1H3,(H,23,26);2-5,8-10H,6-7H2,1H3,(H,19,21);6H,1-5H2. The van der Waals surface area contributed by atoms with Gasteiger partial charge in [0.05, 0.1) is 34.7 Å². The molecule has 0 radical (unpaired) electrons. The average Bonchev–Trinajstić information content (AvgIpc) is 3.97. The number of piperidine rings is 2. The zero-order valence-electron chi connectivity index (χ0n) is 31.8. The van der Waals surface area contributed by atoms with Gasteiger partial charge in [-0.15, -0.1) is 0 Å². The number of rotatable bonds is 9. The van der Waals surface area contributed by atoms with Crippen molar-refractivity contribution < 1.29 is 18.4 Å². The summed E-state index contributed by atoms with van der Waals surface area (Å²) in [5.41, 5.74) is 6.38. The Kier molecular flexibility index (Phi) is 14.6. The monoisotopic (exact) mass is 806 g/mol. The van der Waals surface area contributed by atoms with Crippen LogP contribution in [0.5, 0.6) is 0 Å². The fraction of sp³-hybridized carbons (Fsp3) is 0.364. The maximum atomic E-state index is 12.9. The van der Waals surface area contributed by atoms with Crippen LogP contribution in [0.15, 0.2) is 94.2 Å². The lowest BCUT2D eigenvalue weighted by molar-refractivity contribution is 0.0943. The predicted molar refractivity (Wildman–Crippen MR) is 224 cm³/mol. The highest BCUT2D eigenvalue weighted by molar-refractivity contribution is 9.09. The van der Waals surface area contributed by atoms with E-state index in [0.717, 1.165) is 52.6 Å². The first-order valence-electron chi connectivity index (χ1n) is 19.4. The number of furan rings is 2. The van der Waals surface area contributed by atoms with Crippen LogP contribution < -0.4 is 16.0 Å². The number of hydrogen-bond donors (Lipinski definition) is 3. The number of carbonyl (C=O) groups excluding carboxylic acids is 2. The molecule has 288 valence electrons. The molecule has 0 unspecified atom stereocenters. The highest BCUT2D eigenvalue weighted by Gasteiger charge is 2.17. The summed E-state index contributed by atoms with van der Waals surface area (Å²) in [4.78, 5) is 37.1. The van der Waals surface area contributed by atoms with Crippen LogP contribution in [0.4, 0.5) is 0 Å². The molecule has 0 aliphatic carbocycles. The Morgan fingerprint density at radius 3 is 1.64 bits per heavy atom. The predicted octanol–water partition coefficient (Wildman–Crippen LogP) is 8.71. The van der Waals surface area contributed by atoms with Crippen LogP contribution in [-0.2, 0) is 0 Å². The Balaban J connectivity index is 0.000000165. The fourth-order valence-corrected chi connectivity index (χ4v) is 7.02. The first-order valence-corrected chi connectivity index (χ1v) is 20.5. The van der Waals surface area contributed by atoms with Gasteiger partial charge in [-0.25, -0.2) is 9.97 Å². The van der Waals surface area contributed by atoms with Gasteiger partial charge in [0.1, 0.15) is 11.4 Å². The molecule has 55 heavy (non-hydrogen) atoms. The van der Waals surface area contributed by atoms with Crippen molar-refractivity contribution in [2.45, 2.75) is 52.4 Å². The van der Waals surface area contributed by atoms with E-state index in [1.165, 1.54) is 51.6 Å². The van der Waals surface area contributed by atoms with Crippen molar-refractivity contribution in [2.75, 3.05) is 51.1 Å². The first-order chi connectivity index (χ1) is 26.9. The topological polar surface area (TPSA) is 126 Å². The molecule has 6 aromatic rings. The lowest BCUT2D eigenvalue weighted by Crippen LogP contribution is -2.37. The lowest BCUT2D eigenvalue weighted by Gasteiger charge is -2.26. The minimum absolute atomic E-state index is 0.0576. The summed E-state index contributed by atoms with van der Waals surface area (Å²) in [7, 11) is 0. The van der Waals surface area contributed by atoms with Crippen molar-refractivity contribution in [3.63, 3.8) is 0 Å². The molecule has 2 saturated heterocycles. The van der Waals surface area contributed by atoms with Gasteiger partial charge in [-0.1, -0.05) is 52.0 Å². The Labute approximate surface area is 331 Å². The minimum atomic E-state index is -0.106. The molecule has 2 aromatic carbocycles. The van der Waals surface area contributed by atoms with Crippen LogP contribution in [0.3, 0.4) is 0 Å². The average molecular weight is 808 g/mol. The smallest absolute Gasteiger partial charge is 0.252 e. The molecule has 0 saturated carbocycles. The molecule has 10 nitrogen and oxygen atoms in total. The molecule has 6 heterocycles. The van der Waals surface area contributed by atoms with E-state index in [9.17, 15) is 9.59 Å². The Bertz CT molecular complexity index is 2130. The third-order valence-corrected chi connectivity index (χ3v) is 10.1. The fourth-order valence-electron chi connectivity index (χ4n) is 6.82. The summed E-state index contributed by atoms with van der Waals surface area (Å²) >= 11 is 3.32. The molecule has 0 atom stereocenters. The molecule has 2 aliphatic rings. The minimum Gasteiger partial charge on any atom is -0.463 e. The van der Waals surface area contributed by atoms with Gasteiger partial charge >= 0.3 is 0 Å². The van der Waals surface area contributed by atoms with E-state index in [-0.39, 0.29) is 11.8 Å². The number of aromatic nitrogens is 2. The summed E-state index contributed by atoms with van der Waals surface area (Å²) in [5, 5.41) is 11.7. The number of alkyl halides is 1. The van der Waals surface area contributed by atoms with Crippen molar-refractivity contribution in [2.24, 2.45) is 0 Å². The van der Waals surface area contributed by atoms with Crippen molar-refractivity contribution >= 4 is 49.6 Å². The maximum absolute atomic E-state index is 12.9. The van der Waals surface area contributed by atoms with Crippen LogP contribution in [0, 0.1) is 13.8 Å². The molecular formula is C44H51BrN6O4. The van der Waals surface area contributed by atoms with Crippen LogP contribution in [0.1, 0.15) is 70.4 Å². The van der Waals surface area contributed by atoms with Gasteiger partial charge < -0.3 is 29.7 Å². The number of halogens is 1. The second-order valence-electron chi connectivity index (χ2n) is 14.0. The van der Waals surface area contributed by atoms with Gasteiger partial charge in [0, 0.05) is 35.7 Å². The van der Waals surface area contributed by atoms with E-state index in [1.54, 1.807) is 24.7 Å². The zero-order chi connectivity index (χ0) is 38.4. The summed E-state index contributed by atoms with van der Waals surface area (Å²) in [5.74, 6) is 1.15. The molecule has 11 heteroatoms. The van der Waals surface area contributed by atoms with Crippen LogP contribution in [-0.4, -0.2) is 77.8 Å². The summed E-state index contributed by atoms with van der Waals surface area (Å²) in [6, 6.07) is 22.8. The second-order valence-corrected chi connectivity index (χ2v) is 14.8. The van der Waals surface area contributed by atoms with Gasteiger partial charge in [0.2, 0.25) is 0 Å². The number of hydrogen-bond acceptors (Lipinski definition) is 8. The molecule has 2 amide bonds. The maximum Gasteiger partial charge on any atom is 0.252 e. The van der Waals surface area contributed by atoms with Crippen LogP contribution in [0.25, 0.3) is 44.7 Å². The quantitative estimate of drug-likeness (QED) is 0.124. The number of nitrogens with zero attached hydrogens (tertiary/aromatic N) is 3. The summed E-state index contributed by atoms with van der Waals surface area (Å²) in [6.45, 7) is 10.9. The molecule has 2 fully saturated rings. The molecule has 3 N–H and O–H groups in total. The van der Waals surface area contributed by atoms with E-state index in [2.05, 4.69) is 46.7 Å². The number of likely N-dealkylation sites (tertiary alicyclic amines) is 1. The number of pyridine rings is 2. The van der Waals surface area contributed by atoms with Gasteiger partial charge in [0.25, 0.3) is 11.8 Å². The Morgan fingerprint density at radius 1 is 0.691 bits per heavy atom. The van der Waals surface area contributed by atoms with Crippen LogP contribution in [0.2, 0.25) is 0 Å². The lowest BCUT2D eigenvalue weighted by atomic mass is 10.0. The highest BCUT2D eigenvalue weighted by atomic mass is 79.9. The van der Waals surface area contributed by atoms with Crippen molar-refractivity contribution in [1.82, 2.24) is 30.8 Å². The highest BCUT2D eigenvalue weighted by Crippen LogP contribution is 2.27. The molecule has 0 spiro atoms. The van der Waals surface area contributed by atoms with Crippen LogP contribution >= 0.6 is 15.9 Å². The van der Waals surface area contributed by atoms with E-state index >= 15 is 0 Å². The summed E-state index contributed by atoms with van der Waals surface area (Å²) in [6.07, 6.45) is 11.3. The summed E-state index contributed by atoms with van der Waals surface area (Å²) < 4.78 is 10.9. The van der Waals surface area contributed by atoms with Gasteiger partial charge in [-0.3, -0.25) is 9.59 Å². The van der Waals surface area contributed by atoms with Gasteiger partial charge in [-0.2, -0.15) is 0 Å². The number of amides is 2. The van der Waals surface area contributed by atoms with E-state index in [1.807, 2.05) is 74.5 Å². The second kappa shape index (κ2) is 20.2. The molecule has 8 rings (SSSR count). The number of nitrogens with one attached hydrogen (secondary N) is 3. The normalized spacial score (nSPS) is 14.4.